The van der Waals surface area contributed by atoms with Crippen LogP contribution in [0.3, 0.4) is 0 Å². The highest BCUT2D eigenvalue weighted by molar-refractivity contribution is 7.15. The van der Waals surface area contributed by atoms with E-state index in [0.29, 0.717) is 30.6 Å². The van der Waals surface area contributed by atoms with Crippen molar-refractivity contribution in [3.8, 4) is 11.5 Å². The number of guanidine groups is 1. The molecule has 1 aromatic carbocycles. The molecule has 0 saturated heterocycles. The summed E-state index contributed by atoms with van der Waals surface area (Å²) in [4.78, 5) is 9.78. The maximum Gasteiger partial charge on any atom is 0.195 e. The van der Waals surface area contributed by atoms with Crippen LogP contribution < -0.4 is 20.1 Å². The minimum absolute atomic E-state index is 0.574. The largest absolute Gasteiger partial charge is 0.493 e. The van der Waals surface area contributed by atoms with Crippen molar-refractivity contribution in [2.75, 3.05) is 26.1 Å². The number of imidazole rings is 1. The van der Waals surface area contributed by atoms with Crippen LogP contribution in [0.25, 0.3) is 4.96 Å². The molecule has 0 aliphatic rings. The molecule has 7 nitrogen and oxygen atoms in total. The number of aliphatic imine (C=N–C) groups is 1. The smallest absolute Gasteiger partial charge is 0.195 e. The zero-order chi connectivity index (χ0) is 17.6. The lowest BCUT2D eigenvalue weighted by Gasteiger charge is -2.14. The van der Waals surface area contributed by atoms with Crippen LogP contribution in [0.1, 0.15) is 12.6 Å². The van der Waals surface area contributed by atoms with E-state index in [4.69, 9.17) is 9.47 Å². The minimum atomic E-state index is 0.574. The van der Waals surface area contributed by atoms with Crippen molar-refractivity contribution in [3.05, 3.63) is 41.7 Å². The summed E-state index contributed by atoms with van der Waals surface area (Å²) in [5.41, 5.74) is 1.82. The molecule has 0 aliphatic heterocycles. The van der Waals surface area contributed by atoms with Crippen molar-refractivity contribution < 1.29 is 9.47 Å². The summed E-state index contributed by atoms with van der Waals surface area (Å²) in [7, 11) is 3.36. The summed E-state index contributed by atoms with van der Waals surface area (Å²) in [6, 6.07) is 5.67. The van der Waals surface area contributed by atoms with Crippen LogP contribution >= 0.6 is 11.3 Å². The lowest BCUT2D eigenvalue weighted by Crippen LogP contribution is -2.30. The Kier molecular flexibility index (Phi) is 5.39. The Balaban J connectivity index is 1.65. The Labute approximate surface area is 150 Å². The highest BCUT2D eigenvalue weighted by Gasteiger charge is 2.08. The van der Waals surface area contributed by atoms with Gasteiger partial charge in [-0.05, 0) is 19.1 Å². The number of nitrogens with zero attached hydrogens (tertiary/aromatic N) is 3. The summed E-state index contributed by atoms with van der Waals surface area (Å²) >= 11 is 1.61. The van der Waals surface area contributed by atoms with Gasteiger partial charge in [-0.2, -0.15) is 0 Å². The summed E-state index contributed by atoms with van der Waals surface area (Å²) in [5, 5.41) is 8.52. The topological polar surface area (TPSA) is 72.2 Å². The van der Waals surface area contributed by atoms with Gasteiger partial charge in [0.25, 0.3) is 0 Å². The predicted molar refractivity (Wildman–Crippen MR) is 101 cm³/mol. The summed E-state index contributed by atoms with van der Waals surface area (Å²) < 4.78 is 12.9. The van der Waals surface area contributed by atoms with E-state index in [9.17, 15) is 0 Å². The molecule has 2 N–H and O–H groups in total. The number of methoxy groups -OCH3 is 1. The molecule has 0 bridgehead atoms. The van der Waals surface area contributed by atoms with E-state index in [2.05, 4.69) is 20.6 Å². The monoisotopic (exact) mass is 359 g/mol. The molecule has 3 rings (SSSR count). The number of aromatic nitrogens is 2. The van der Waals surface area contributed by atoms with Gasteiger partial charge in [0.05, 0.1) is 26.0 Å². The third-order valence-corrected chi connectivity index (χ3v) is 4.30. The maximum absolute atomic E-state index is 5.60. The molecule has 0 atom stereocenters. The molecule has 2 aromatic heterocycles. The molecular formula is C17H21N5O2S. The number of hydrogen-bond donors (Lipinski definition) is 2. The molecule has 0 spiro atoms. The Morgan fingerprint density at radius 3 is 2.96 bits per heavy atom. The number of benzene rings is 1. The molecule has 25 heavy (non-hydrogen) atoms. The molecular weight excluding hydrogens is 338 g/mol. The maximum atomic E-state index is 5.60. The van der Waals surface area contributed by atoms with Crippen LogP contribution in [0.15, 0.2) is 41.0 Å². The lowest BCUT2D eigenvalue weighted by atomic mass is 10.2. The Bertz CT molecular complexity index is 842. The first-order valence-electron chi connectivity index (χ1n) is 7.93. The van der Waals surface area contributed by atoms with Crippen molar-refractivity contribution in [3.63, 3.8) is 0 Å². The van der Waals surface area contributed by atoms with Gasteiger partial charge in [-0.1, -0.05) is 0 Å². The standard InChI is InChI=1S/C17H21N5O2S/c1-4-24-15-9-12(5-6-14(15)23-3)20-16(18-2)19-10-13-11-22-7-8-25-17(22)21-13/h5-9,11H,4,10H2,1-3H3,(H2,18,19,20). The van der Waals surface area contributed by atoms with E-state index in [1.54, 1.807) is 25.5 Å². The summed E-state index contributed by atoms with van der Waals surface area (Å²) in [6.07, 6.45) is 4.00. The van der Waals surface area contributed by atoms with Crippen molar-refractivity contribution in [2.45, 2.75) is 13.5 Å². The number of thiazole rings is 1. The van der Waals surface area contributed by atoms with Crippen molar-refractivity contribution >= 4 is 27.9 Å². The third-order valence-electron chi connectivity index (χ3n) is 3.53. The van der Waals surface area contributed by atoms with Gasteiger partial charge in [0.1, 0.15) is 0 Å². The van der Waals surface area contributed by atoms with Gasteiger partial charge < -0.3 is 20.1 Å². The number of rotatable bonds is 6. The van der Waals surface area contributed by atoms with Crippen LogP contribution in [-0.4, -0.2) is 36.1 Å². The molecule has 132 valence electrons. The normalized spacial score (nSPS) is 11.6. The van der Waals surface area contributed by atoms with E-state index < -0.39 is 0 Å². The van der Waals surface area contributed by atoms with Gasteiger partial charge in [0.2, 0.25) is 0 Å². The fraction of sp³-hybridized carbons (Fsp3) is 0.294. The van der Waals surface area contributed by atoms with Gasteiger partial charge in [-0.15, -0.1) is 11.3 Å². The fourth-order valence-electron chi connectivity index (χ4n) is 2.37. The molecule has 0 unspecified atom stereocenters. The number of hydrogen-bond acceptors (Lipinski definition) is 5. The first kappa shape index (κ1) is 17.1. The quantitative estimate of drug-likeness (QED) is 0.523. The minimum Gasteiger partial charge on any atom is -0.493 e. The van der Waals surface area contributed by atoms with Gasteiger partial charge in [-0.25, -0.2) is 4.98 Å². The van der Waals surface area contributed by atoms with Crippen molar-refractivity contribution in [2.24, 2.45) is 4.99 Å². The second-order valence-corrected chi connectivity index (χ2v) is 6.05. The summed E-state index contributed by atoms with van der Waals surface area (Å²) in [6.45, 7) is 3.10. The predicted octanol–water partition coefficient (Wildman–Crippen LogP) is 2.99. The van der Waals surface area contributed by atoms with E-state index >= 15 is 0 Å². The second kappa shape index (κ2) is 7.89. The van der Waals surface area contributed by atoms with Crippen molar-refractivity contribution in [1.82, 2.24) is 14.7 Å². The van der Waals surface area contributed by atoms with E-state index in [1.807, 2.05) is 47.3 Å². The zero-order valence-electron chi connectivity index (χ0n) is 14.4. The van der Waals surface area contributed by atoms with Gasteiger partial charge in [0, 0.05) is 36.6 Å². The van der Waals surface area contributed by atoms with E-state index in [-0.39, 0.29) is 0 Å². The Morgan fingerprint density at radius 2 is 2.24 bits per heavy atom. The van der Waals surface area contributed by atoms with E-state index in [1.165, 1.54) is 0 Å². The molecule has 0 radical (unpaired) electrons. The molecule has 2 heterocycles. The molecule has 3 aromatic rings. The number of fused-ring (bicyclic) bond motifs is 1. The molecule has 0 saturated carbocycles. The average Bonchev–Trinajstić information content (AvgIpc) is 3.20. The SMILES string of the molecule is CCOc1cc(NC(=NC)NCc2cn3ccsc3n2)ccc1OC. The van der Waals surface area contributed by atoms with Crippen molar-refractivity contribution in [1.29, 1.82) is 0 Å². The highest BCUT2D eigenvalue weighted by atomic mass is 32.1. The number of ether oxygens (including phenoxy) is 2. The Morgan fingerprint density at radius 1 is 1.36 bits per heavy atom. The molecule has 0 aliphatic carbocycles. The highest BCUT2D eigenvalue weighted by Crippen LogP contribution is 2.30. The van der Waals surface area contributed by atoms with Crippen LogP contribution in [0.2, 0.25) is 0 Å². The van der Waals surface area contributed by atoms with Gasteiger partial charge >= 0.3 is 0 Å². The van der Waals surface area contributed by atoms with Crippen LogP contribution in [-0.2, 0) is 6.54 Å². The van der Waals surface area contributed by atoms with Crippen LogP contribution in [0.4, 0.5) is 5.69 Å². The Hall–Kier alpha value is -2.74. The third kappa shape index (κ3) is 4.03. The second-order valence-electron chi connectivity index (χ2n) is 5.17. The molecule has 0 amide bonds. The zero-order valence-corrected chi connectivity index (χ0v) is 15.3. The average molecular weight is 359 g/mol. The number of nitrogens with one attached hydrogen (secondary N) is 2. The first-order chi connectivity index (χ1) is 12.2. The fourth-order valence-corrected chi connectivity index (χ4v) is 3.09. The first-order valence-corrected chi connectivity index (χ1v) is 8.81. The summed E-state index contributed by atoms with van der Waals surface area (Å²) in [5.74, 6) is 2.05. The van der Waals surface area contributed by atoms with Crippen LogP contribution in [0, 0.1) is 0 Å². The van der Waals surface area contributed by atoms with E-state index in [0.717, 1.165) is 16.3 Å². The lowest BCUT2D eigenvalue weighted by molar-refractivity contribution is 0.311. The molecule has 0 fully saturated rings. The molecule has 8 heteroatoms. The van der Waals surface area contributed by atoms with Gasteiger partial charge in [-0.3, -0.25) is 9.39 Å². The number of anilines is 1. The van der Waals surface area contributed by atoms with Crippen LogP contribution in [0.5, 0.6) is 11.5 Å². The van der Waals surface area contributed by atoms with Gasteiger partial charge in [0.15, 0.2) is 22.4 Å².